The van der Waals surface area contributed by atoms with Gasteiger partial charge in [-0.25, -0.2) is 9.97 Å². The number of halogens is 4. The van der Waals surface area contributed by atoms with Gasteiger partial charge >= 0.3 is 6.18 Å². The topological polar surface area (TPSA) is 37.8 Å². The Labute approximate surface area is 112 Å². The third-order valence-electron chi connectivity index (χ3n) is 2.20. The SMILES string of the molecule is CCCNc1nc(CC(F)(F)F)nc(CC)c1Br. The molecule has 1 heterocycles. The number of nitrogens with one attached hydrogen (secondary N) is 1. The van der Waals surface area contributed by atoms with Gasteiger partial charge in [0.05, 0.1) is 10.2 Å². The molecular weight excluding hydrogens is 311 g/mol. The van der Waals surface area contributed by atoms with Gasteiger partial charge in [-0.05, 0) is 28.8 Å². The Balaban J connectivity index is 3.05. The molecule has 0 aromatic carbocycles. The molecule has 0 fully saturated rings. The van der Waals surface area contributed by atoms with Crippen LogP contribution in [0.25, 0.3) is 0 Å². The number of aryl methyl sites for hydroxylation is 1. The number of hydrogen-bond donors (Lipinski definition) is 1. The van der Waals surface area contributed by atoms with Crippen LogP contribution in [-0.4, -0.2) is 22.7 Å². The molecule has 1 rings (SSSR count). The van der Waals surface area contributed by atoms with Crippen LogP contribution < -0.4 is 5.32 Å². The Morgan fingerprint density at radius 3 is 2.39 bits per heavy atom. The van der Waals surface area contributed by atoms with Gasteiger partial charge in [-0.15, -0.1) is 0 Å². The number of rotatable bonds is 5. The predicted octanol–water partition coefficient (Wildman–Crippen LogP) is 3.73. The van der Waals surface area contributed by atoms with E-state index in [0.29, 0.717) is 29.0 Å². The van der Waals surface area contributed by atoms with Crippen molar-refractivity contribution in [1.82, 2.24) is 9.97 Å². The first-order valence-electron chi connectivity index (χ1n) is 5.73. The van der Waals surface area contributed by atoms with Gasteiger partial charge in [-0.3, -0.25) is 0 Å². The Bertz CT molecular complexity index is 407. The molecule has 0 amide bonds. The summed E-state index contributed by atoms with van der Waals surface area (Å²) in [5.74, 6) is 0.240. The van der Waals surface area contributed by atoms with Crippen molar-refractivity contribution in [3.05, 3.63) is 16.0 Å². The van der Waals surface area contributed by atoms with Crippen LogP contribution in [0.4, 0.5) is 19.0 Å². The van der Waals surface area contributed by atoms with E-state index in [-0.39, 0.29) is 5.82 Å². The predicted molar refractivity (Wildman–Crippen MR) is 67.6 cm³/mol. The largest absolute Gasteiger partial charge is 0.396 e. The van der Waals surface area contributed by atoms with Crippen LogP contribution in [0.2, 0.25) is 0 Å². The van der Waals surface area contributed by atoms with E-state index in [0.717, 1.165) is 6.42 Å². The Kier molecular flexibility index (Phi) is 5.37. The van der Waals surface area contributed by atoms with Crippen molar-refractivity contribution in [3.63, 3.8) is 0 Å². The van der Waals surface area contributed by atoms with E-state index in [1.165, 1.54) is 0 Å². The third-order valence-corrected chi connectivity index (χ3v) is 3.04. The molecule has 0 atom stereocenters. The van der Waals surface area contributed by atoms with E-state index in [2.05, 4.69) is 31.2 Å². The molecule has 3 nitrogen and oxygen atoms in total. The van der Waals surface area contributed by atoms with Crippen molar-refractivity contribution in [2.24, 2.45) is 0 Å². The maximum Gasteiger partial charge on any atom is 0.396 e. The first-order chi connectivity index (χ1) is 8.37. The summed E-state index contributed by atoms with van der Waals surface area (Å²) in [5.41, 5.74) is 0.586. The number of aromatic nitrogens is 2. The number of hydrogen-bond acceptors (Lipinski definition) is 3. The van der Waals surface area contributed by atoms with E-state index in [1.807, 2.05) is 13.8 Å². The molecular formula is C11H15BrF3N3. The van der Waals surface area contributed by atoms with Crippen molar-refractivity contribution >= 4 is 21.7 Å². The molecule has 18 heavy (non-hydrogen) atoms. The summed E-state index contributed by atoms with van der Waals surface area (Å²) >= 11 is 3.32. The molecule has 0 unspecified atom stereocenters. The summed E-state index contributed by atoms with van der Waals surface area (Å²) in [4.78, 5) is 7.84. The van der Waals surface area contributed by atoms with Gasteiger partial charge in [-0.1, -0.05) is 13.8 Å². The quantitative estimate of drug-likeness (QED) is 0.896. The van der Waals surface area contributed by atoms with Crippen molar-refractivity contribution in [2.45, 2.75) is 39.3 Å². The van der Waals surface area contributed by atoms with Crippen LogP contribution in [0.5, 0.6) is 0 Å². The second-order valence-corrected chi connectivity index (χ2v) is 4.61. The molecule has 0 aliphatic carbocycles. The Morgan fingerprint density at radius 2 is 1.89 bits per heavy atom. The second kappa shape index (κ2) is 6.36. The average molecular weight is 326 g/mol. The van der Waals surface area contributed by atoms with Crippen molar-refractivity contribution in [1.29, 1.82) is 0 Å². The number of anilines is 1. The molecule has 0 saturated carbocycles. The third kappa shape index (κ3) is 4.44. The maximum atomic E-state index is 12.3. The highest BCUT2D eigenvalue weighted by Crippen LogP contribution is 2.26. The number of alkyl halides is 3. The lowest BCUT2D eigenvalue weighted by atomic mass is 10.3. The summed E-state index contributed by atoms with van der Waals surface area (Å²) in [6.45, 7) is 4.47. The number of nitrogens with zero attached hydrogens (tertiary/aromatic N) is 2. The van der Waals surface area contributed by atoms with Crippen LogP contribution in [0.1, 0.15) is 31.8 Å². The summed E-state index contributed by atoms with van der Waals surface area (Å²) in [5, 5.41) is 3.00. The fourth-order valence-corrected chi connectivity index (χ4v) is 2.00. The maximum absolute atomic E-state index is 12.3. The van der Waals surface area contributed by atoms with Crippen molar-refractivity contribution < 1.29 is 13.2 Å². The van der Waals surface area contributed by atoms with E-state index >= 15 is 0 Å². The van der Waals surface area contributed by atoms with Gasteiger partial charge < -0.3 is 5.32 Å². The summed E-state index contributed by atoms with van der Waals surface area (Å²) in [6.07, 6.45) is -3.98. The molecule has 1 aromatic rings. The van der Waals surface area contributed by atoms with Crippen molar-refractivity contribution in [2.75, 3.05) is 11.9 Å². The lowest BCUT2D eigenvalue weighted by molar-refractivity contribution is -0.128. The minimum absolute atomic E-state index is 0.193. The lowest BCUT2D eigenvalue weighted by Crippen LogP contribution is -2.16. The Morgan fingerprint density at radius 1 is 1.22 bits per heavy atom. The van der Waals surface area contributed by atoms with E-state index in [4.69, 9.17) is 0 Å². The molecule has 1 aromatic heterocycles. The lowest BCUT2D eigenvalue weighted by Gasteiger charge is -2.12. The highest BCUT2D eigenvalue weighted by molar-refractivity contribution is 9.10. The zero-order valence-corrected chi connectivity index (χ0v) is 11.8. The van der Waals surface area contributed by atoms with Crippen LogP contribution >= 0.6 is 15.9 Å². The first kappa shape index (κ1) is 15.2. The molecule has 102 valence electrons. The fraction of sp³-hybridized carbons (Fsp3) is 0.636. The summed E-state index contributed by atoms with van der Waals surface area (Å²) in [7, 11) is 0. The van der Waals surface area contributed by atoms with Crippen LogP contribution in [-0.2, 0) is 12.8 Å². The van der Waals surface area contributed by atoms with Gasteiger partial charge in [0.25, 0.3) is 0 Å². The average Bonchev–Trinajstić information content (AvgIpc) is 2.27. The van der Waals surface area contributed by atoms with Gasteiger partial charge in [0.15, 0.2) is 0 Å². The highest BCUT2D eigenvalue weighted by Gasteiger charge is 2.30. The van der Waals surface area contributed by atoms with Crippen LogP contribution in [0.15, 0.2) is 4.47 Å². The highest BCUT2D eigenvalue weighted by atomic mass is 79.9. The smallest absolute Gasteiger partial charge is 0.369 e. The molecule has 0 bridgehead atoms. The second-order valence-electron chi connectivity index (χ2n) is 3.82. The Hall–Kier alpha value is -0.850. The minimum atomic E-state index is -4.29. The first-order valence-corrected chi connectivity index (χ1v) is 6.52. The standard InChI is InChI=1S/C11H15BrF3N3/c1-3-5-16-10-9(12)7(4-2)17-8(18-10)6-11(13,14)15/h3-6H2,1-2H3,(H,16,17,18). The van der Waals surface area contributed by atoms with E-state index in [9.17, 15) is 13.2 Å². The molecule has 0 radical (unpaired) electrons. The zero-order chi connectivity index (χ0) is 13.8. The zero-order valence-electron chi connectivity index (χ0n) is 10.2. The molecule has 0 spiro atoms. The van der Waals surface area contributed by atoms with Gasteiger partial charge in [0.2, 0.25) is 0 Å². The fourth-order valence-electron chi connectivity index (χ4n) is 1.40. The summed E-state index contributed by atoms with van der Waals surface area (Å²) in [6, 6.07) is 0. The van der Waals surface area contributed by atoms with Crippen LogP contribution in [0, 0.1) is 0 Å². The normalized spacial score (nSPS) is 11.7. The van der Waals surface area contributed by atoms with Crippen LogP contribution in [0.3, 0.4) is 0 Å². The molecule has 0 aliphatic heterocycles. The monoisotopic (exact) mass is 325 g/mol. The molecule has 0 aliphatic rings. The van der Waals surface area contributed by atoms with Crippen molar-refractivity contribution in [3.8, 4) is 0 Å². The molecule has 7 heteroatoms. The minimum Gasteiger partial charge on any atom is -0.369 e. The van der Waals surface area contributed by atoms with Gasteiger partial charge in [0.1, 0.15) is 18.1 Å². The molecule has 0 saturated heterocycles. The van der Waals surface area contributed by atoms with E-state index in [1.54, 1.807) is 0 Å². The van der Waals surface area contributed by atoms with E-state index < -0.39 is 12.6 Å². The van der Waals surface area contributed by atoms with Gasteiger partial charge in [-0.2, -0.15) is 13.2 Å². The summed E-state index contributed by atoms with van der Waals surface area (Å²) < 4.78 is 37.7. The van der Waals surface area contributed by atoms with Gasteiger partial charge in [0, 0.05) is 6.54 Å². The molecule has 1 N–H and O–H groups in total.